The Labute approximate surface area is 114 Å². The highest BCUT2D eigenvalue weighted by molar-refractivity contribution is 6.41. The molecule has 20 heavy (non-hydrogen) atoms. The van der Waals surface area contributed by atoms with Crippen molar-refractivity contribution in [2.45, 2.75) is 6.42 Å². The van der Waals surface area contributed by atoms with Gasteiger partial charge in [0.15, 0.2) is 0 Å². The number of ketones is 1. The van der Waals surface area contributed by atoms with Crippen LogP contribution in [0.1, 0.15) is 5.56 Å². The van der Waals surface area contributed by atoms with Crippen molar-refractivity contribution >= 4 is 17.4 Å². The van der Waals surface area contributed by atoms with Crippen LogP contribution in [0.15, 0.2) is 48.5 Å². The molecule has 3 nitrogen and oxygen atoms in total. The van der Waals surface area contributed by atoms with Crippen molar-refractivity contribution in [2.24, 2.45) is 0 Å². The Bertz CT molecular complexity index is 564. The summed E-state index contributed by atoms with van der Waals surface area (Å²) in [7, 11) is 0. The minimum atomic E-state index is -0.791. The van der Waals surface area contributed by atoms with Crippen LogP contribution >= 0.6 is 0 Å². The van der Waals surface area contributed by atoms with E-state index in [1.54, 1.807) is 0 Å². The normalized spacial score (nSPS) is 10.1. The van der Waals surface area contributed by atoms with Crippen LogP contribution in [0.5, 0.6) is 0 Å². The van der Waals surface area contributed by atoms with Crippen LogP contribution < -0.4 is 5.32 Å². The molecule has 0 bridgehead atoms. The summed E-state index contributed by atoms with van der Waals surface area (Å²) in [5.41, 5.74) is 0.884. The number of rotatable bonds is 4. The van der Waals surface area contributed by atoms with Gasteiger partial charge in [0.1, 0.15) is 11.6 Å². The van der Waals surface area contributed by atoms with Gasteiger partial charge in [0.2, 0.25) is 5.78 Å². The van der Waals surface area contributed by atoms with Crippen molar-refractivity contribution in [2.75, 3.05) is 5.32 Å². The van der Waals surface area contributed by atoms with Crippen LogP contribution in [0.4, 0.5) is 14.5 Å². The second-order valence-corrected chi connectivity index (χ2v) is 4.19. The van der Waals surface area contributed by atoms with E-state index >= 15 is 0 Å². The molecule has 0 atom stereocenters. The van der Waals surface area contributed by atoms with Crippen LogP contribution in [-0.2, 0) is 16.0 Å². The van der Waals surface area contributed by atoms with E-state index in [9.17, 15) is 18.4 Å². The van der Waals surface area contributed by atoms with Gasteiger partial charge >= 0.3 is 0 Å². The second-order valence-electron chi connectivity index (χ2n) is 4.19. The molecule has 0 aliphatic heterocycles. The van der Waals surface area contributed by atoms with Gasteiger partial charge < -0.3 is 5.32 Å². The Morgan fingerprint density at radius 2 is 1.35 bits per heavy atom. The fraction of sp³-hybridized carbons (Fsp3) is 0.0667. The van der Waals surface area contributed by atoms with E-state index < -0.39 is 23.3 Å². The minimum Gasteiger partial charge on any atom is -0.319 e. The standard InChI is InChI=1S/C15H11F2NO2/c16-11-3-1-10(2-4-11)9-14(19)15(20)18-13-7-5-12(17)6-8-13/h1-8H,9H2,(H,18,20). The number of anilines is 1. The molecule has 2 aromatic carbocycles. The lowest BCUT2D eigenvalue weighted by molar-refractivity contribution is -0.134. The van der Waals surface area contributed by atoms with Gasteiger partial charge in [-0.05, 0) is 42.0 Å². The third-order valence-corrected chi connectivity index (χ3v) is 2.63. The summed E-state index contributed by atoms with van der Waals surface area (Å²) in [5, 5.41) is 2.37. The summed E-state index contributed by atoms with van der Waals surface area (Å²) in [6.45, 7) is 0. The van der Waals surface area contributed by atoms with Crippen molar-refractivity contribution in [1.29, 1.82) is 0 Å². The molecular formula is C15H11F2NO2. The SMILES string of the molecule is O=C(Cc1ccc(F)cc1)C(=O)Nc1ccc(F)cc1. The summed E-state index contributed by atoms with van der Waals surface area (Å²) < 4.78 is 25.4. The number of amides is 1. The van der Waals surface area contributed by atoms with Gasteiger partial charge in [0.25, 0.3) is 5.91 Å². The first-order valence-electron chi connectivity index (χ1n) is 5.89. The molecular weight excluding hydrogens is 264 g/mol. The van der Waals surface area contributed by atoms with E-state index in [1.807, 2.05) is 0 Å². The van der Waals surface area contributed by atoms with E-state index in [0.29, 0.717) is 11.3 Å². The summed E-state index contributed by atoms with van der Waals surface area (Å²) in [4.78, 5) is 23.3. The first kappa shape index (κ1) is 13.9. The lowest BCUT2D eigenvalue weighted by Gasteiger charge is -2.04. The van der Waals surface area contributed by atoms with Gasteiger partial charge in [-0.3, -0.25) is 9.59 Å². The summed E-state index contributed by atoms with van der Waals surface area (Å²) >= 11 is 0. The highest BCUT2D eigenvalue weighted by Gasteiger charge is 2.14. The van der Waals surface area contributed by atoms with Gasteiger partial charge in [-0.2, -0.15) is 0 Å². The zero-order valence-electron chi connectivity index (χ0n) is 10.4. The zero-order chi connectivity index (χ0) is 14.5. The number of halogens is 2. The largest absolute Gasteiger partial charge is 0.319 e. The second kappa shape index (κ2) is 6.06. The summed E-state index contributed by atoms with van der Waals surface area (Å²) in [6.07, 6.45) is -0.118. The van der Waals surface area contributed by atoms with Crippen LogP contribution in [0, 0.1) is 11.6 Å². The van der Waals surface area contributed by atoms with Crippen molar-refractivity contribution in [1.82, 2.24) is 0 Å². The molecule has 1 amide bonds. The maximum atomic E-state index is 12.7. The molecule has 0 aromatic heterocycles. The van der Waals surface area contributed by atoms with Gasteiger partial charge in [0, 0.05) is 12.1 Å². The third kappa shape index (κ3) is 3.71. The summed E-state index contributed by atoms with van der Waals surface area (Å²) in [6, 6.07) is 10.4. The van der Waals surface area contributed by atoms with Crippen molar-refractivity contribution in [3.8, 4) is 0 Å². The fourth-order valence-corrected chi connectivity index (χ4v) is 1.60. The number of benzene rings is 2. The molecule has 0 saturated carbocycles. The van der Waals surface area contributed by atoms with Crippen molar-refractivity contribution in [3.63, 3.8) is 0 Å². The molecule has 0 heterocycles. The van der Waals surface area contributed by atoms with E-state index in [1.165, 1.54) is 48.5 Å². The number of carbonyl (C=O) groups excluding carboxylic acids is 2. The number of hydrogen-bond donors (Lipinski definition) is 1. The van der Waals surface area contributed by atoms with Crippen molar-refractivity contribution in [3.05, 3.63) is 65.7 Å². The van der Waals surface area contributed by atoms with Gasteiger partial charge in [-0.25, -0.2) is 8.78 Å². The number of nitrogens with one attached hydrogen (secondary N) is 1. The molecule has 2 aromatic rings. The average Bonchev–Trinajstić information content (AvgIpc) is 2.44. The lowest BCUT2D eigenvalue weighted by atomic mass is 10.1. The Balaban J connectivity index is 1.96. The molecule has 0 fully saturated rings. The number of hydrogen-bond acceptors (Lipinski definition) is 2. The molecule has 0 aliphatic rings. The van der Waals surface area contributed by atoms with Crippen LogP contribution in [-0.4, -0.2) is 11.7 Å². The average molecular weight is 275 g/mol. The van der Waals surface area contributed by atoms with Crippen LogP contribution in [0.2, 0.25) is 0 Å². The molecule has 0 unspecified atom stereocenters. The first-order chi connectivity index (χ1) is 9.54. The predicted octanol–water partition coefficient (Wildman–Crippen LogP) is 2.72. The third-order valence-electron chi connectivity index (χ3n) is 2.63. The molecule has 0 spiro atoms. The number of Topliss-reactive ketones (excluding diaryl/α,β-unsaturated/α-hetero) is 1. The molecule has 0 aliphatic carbocycles. The minimum absolute atomic E-state index is 0.118. The summed E-state index contributed by atoms with van der Waals surface area (Å²) in [5.74, 6) is -2.28. The quantitative estimate of drug-likeness (QED) is 0.872. The molecule has 2 rings (SSSR count). The van der Waals surface area contributed by atoms with Crippen LogP contribution in [0.25, 0.3) is 0 Å². The Morgan fingerprint density at radius 1 is 0.850 bits per heavy atom. The van der Waals surface area contributed by atoms with E-state index in [4.69, 9.17) is 0 Å². The fourth-order valence-electron chi connectivity index (χ4n) is 1.60. The Morgan fingerprint density at radius 3 is 1.90 bits per heavy atom. The Kier molecular flexibility index (Phi) is 4.20. The van der Waals surface area contributed by atoms with Crippen LogP contribution in [0.3, 0.4) is 0 Å². The van der Waals surface area contributed by atoms with E-state index in [2.05, 4.69) is 5.32 Å². The molecule has 1 N–H and O–H groups in total. The molecule has 0 saturated heterocycles. The zero-order valence-corrected chi connectivity index (χ0v) is 10.4. The maximum absolute atomic E-state index is 12.7. The maximum Gasteiger partial charge on any atom is 0.292 e. The van der Waals surface area contributed by atoms with Crippen molar-refractivity contribution < 1.29 is 18.4 Å². The highest BCUT2D eigenvalue weighted by Crippen LogP contribution is 2.09. The van der Waals surface area contributed by atoms with E-state index in [0.717, 1.165) is 0 Å². The highest BCUT2D eigenvalue weighted by atomic mass is 19.1. The van der Waals surface area contributed by atoms with E-state index in [-0.39, 0.29) is 6.42 Å². The van der Waals surface area contributed by atoms with Gasteiger partial charge in [0.05, 0.1) is 0 Å². The molecule has 0 radical (unpaired) electrons. The number of carbonyl (C=O) groups is 2. The first-order valence-corrected chi connectivity index (χ1v) is 5.89. The predicted molar refractivity (Wildman–Crippen MR) is 70.1 cm³/mol. The molecule has 5 heteroatoms. The Hall–Kier alpha value is -2.56. The lowest BCUT2D eigenvalue weighted by Crippen LogP contribution is -2.24. The smallest absolute Gasteiger partial charge is 0.292 e. The monoisotopic (exact) mass is 275 g/mol. The topological polar surface area (TPSA) is 46.2 Å². The van der Waals surface area contributed by atoms with Gasteiger partial charge in [-0.15, -0.1) is 0 Å². The van der Waals surface area contributed by atoms with Gasteiger partial charge in [-0.1, -0.05) is 12.1 Å². The molecule has 102 valence electrons.